The van der Waals surface area contributed by atoms with E-state index in [1.165, 1.54) is 22.3 Å². The predicted molar refractivity (Wildman–Crippen MR) is 228 cm³/mol. The average Bonchev–Trinajstić information content (AvgIpc) is 3.94. The number of nitrogens with zero attached hydrogens (tertiary/aromatic N) is 3. The SMILES string of the molecule is c1ccc(-c2nc(-c3ccc(C4(c5ccc6c(c5)oc5ccccc56)c5ccccc5-c5ccccc54)cc3)nc(-c3ccc4oc5ccccc5c4c3)n2)cc1. The minimum Gasteiger partial charge on any atom is -0.456 e. The van der Waals surface area contributed by atoms with E-state index in [1.54, 1.807) is 0 Å². The maximum Gasteiger partial charge on any atom is 0.164 e. The minimum atomic E-state index is -0.596. The van der Waals surface area contributed by atoms with Crippen LogP contribution in [-0.4, -0.2) is 15.0 Å². The van der Waals surface area contributed by atoms with Crippen LogP contribution >= 0.6 is 0 Å². The van der Waals surface area contributed by atoms with Crippen molar-refractivity contribution in [3.8, 4) is 45.3 Å². The van der Waals surface area contributed by atoms with Crippen LogP contribution in [0.1, 0.15) is 22.3 Å². The van der Waals surface area contributed by atoms with Crippen molar-refractivity contribution in [1.82, 2.24) is 15.0 Å². The number of hydrogen-bond acceptors (Lipinski definition) is 5. The maximum absolute atomic E-state index is 6.49. The zero-order chi connectivity index (χ0) is 37.5. The minimum absolute atomic E-state index is 0.596. The Morgan fingerprint density at radius 1 is 0.316 bits per heavy atom. The second-order valence-corrected chi connectivity index (χ2v) is 14.7. The van der Waals surface area contributed by atoms with E-state index in [0.717, 1.165) is 71.7 Å². The van der Waals surface area contributed by atoms with Crippen LogP contribution in [-0.2, 0) is 5.41 Å². The summed E-state index contributed by atoms with van der Waals surface area (Å²) < 4.78 is 12.6. The summed E-state index contributed by atoms with van der Waals surface area (Å²) in [6.45, 7) is 0. The number of para-hydroxylation sites is 2. The number of fused-ring (bicyclic) bond motifs is 9. The van der Waals surface area contributed by atoms with Crippen molar-refractivity contribution in [1.29, 1.82) is 0 Å². The van der Waals surface area contributed by atoms with Crippen molar-refractivity contribution in [3.63, 3.8) is 0 Å². The standard InChI is InChI=1S/C52H31N3O2/c1-2-12-32(13-3-1)49-53-50(55-51(54-49)34-24-29-47-42(30-34)40-17-7-11-21-46(40)56-47)33-22-25-35(26-23-33)52(43-18-8-4-14-37(43)38-15-5-9-19-44(38)52)36-27-28-41-39-16-6-10-20-45(39)57-48(41)31-36/h1-31H. The summed E-state index contributed by atoms with van der Waals surface area (Å²) in [7, 11) is 0. The van der Waals surface area contributed by atoms with Gasteiger partial charge in [0, 0.05) is 38.2 Å². The quantitative estimate of drug-likeness (QED) is 0.176. The van der Waals surface area contributed by atoms with E-state index in [4.69, 9.17) is 23.8 Å². The molecule has 0 N–H and O–H groups in total. The molecule has 12 rings (SSSR count). The summed E-state index contributed by atoms with van der Waals surface area (Å²) in [5, 5.41) is 4.32. The van der Waals surface area contributed by atoms with Gasteiger partial charge in [0.15, 0.2) is 17.5 Å². The molecule has 5 nitrogen and oxygen atoms in total. The van der Waals surface area contributed by atoms with Gasteiger partial charge in [-0.15, -0.1) is 0 Å². The third kappa shape index (κ3) is 4.72. The molecule has 0 spiro atoms. The molecule has 5 heteroatoms. The summed E-state index contributed by atoms with van der Waals surface area (Å²) in [4.78, 5) is 15.2. The van der Waals surface area contributed by atoms with Crippen LogP contribution in [0, 0.1) is 0 Å². The third-order valence-electron chi connectivity index (χ3n) is 11.6. The first-order valence-corrected chi connectivity index (χ1v) is 19.2. The number of furan rings is 2. The van der Waals surface area contributed by atoms with Gasteiger partial charge in [0.25, 0.3) is 0 Å². The molecule has 3 aromatic heterocycles. The Bertz CT molecular complexity index is 3320. The Balaban J connectivity index is 1.04. The molecule has 0 radical (unpaired) electrons. The second kappa shape index (κ2) is 12.2. The van der Waals surface area contributed by atoms with Gasteiger partial charge in [-0.05, 0) is 69.8 Å². The van der Waals surface area contributed by atoms with Crippen LogP contribution in [0.4, 0.5) is 0 Å². The fraction of sp³-hybridized carbons (Fsp3) is 0.0192. The predicted octanol–water partition coefficient (Wildman–Crippen LogP) is 13.0. The maximum atomic E-state index is 6.49. The van der Waals surface area contributed by atoms with Crippen molar-refractivity contribution in [3.05, 3.63) is 210 Å². The first kappa shape index (κ1) is 31.7. The first-order valence-electron chi connectivity index (χ1n) is 19.2. The molecule has 11 aromatic rings. The lowest BCUT2D eigenvalue weighted by atomic mass is 9.67. The number of aromatic nitrogens is 3. The van der Waals surface area contributed by atoms with Crippen molar-refractivity contribution in [2.24, 2.45) is 0 Å². The van der Waals surface area contributed by atoms with Crippen molar-refractivity contribution >= 4 is 43.9 Å². The topological polar surface area (TPSA) is 65.0 Å². The highest BCUT2D eigenvalue weighted by molar-refractivity contribution is 6.06. The molecule has 0 fully saturated rings. The van der Waals surface area contributed by atoms with E-state index in [2.05, 4.69) is 115 Å². The van der Waals surface area contributed by atoms with E-state index in [1.807, 2.05) is 72.8 Å². The summed E-state index contributed by atoms with van der Waals surface area (Å²) >= 11 is 0. The number of rotatable bonds is 5. The Kier molecular flexibility index (Phi) is 6.78. The lowest BCUT2D eigenvalue weighted by Gasteiger charge is -2.34. The number of hydrogen-bond donors (Lipinski definition) is 0. The summed E-state index contributed by atoms with van der Waals surface area (Å²) in [5.74, 6) is 1.82. The highest BCUT2D eigenvalue weighted by Gasteiger charge is 2.46. The van der Waals surface area contributed by atoms with E-state index in [0.29, 0.717) is 17.5 Å². The van der Waals surface area contributed by atoms with Crippen LogP contribution in [0.3, 0.4) is 0 Å². The van der Waals surface area contributed by atoms with E-state index >= 15 is 0 Å². The Morgan fingerprint density at radius 3 is 1.47 bits per heavy atom. The zero-order valence-electron chi connectivity index (χ0n) is 30.6. The van der Waals surface area contributed by atoms with Gasteiger partial charge in [0.2, 0.25) is 0 Å². The molecule has 0 amide bonds. The van der Waals surface area contributed by atoms with Crippen LogP contribution in [0.5, 0.6) is 0 Å². The van der Waals surface area contributed by atoms with Gasteiger partial charge in [-0.25, -0.2) is 15.0 Å². The van der Waals surface area contributed by atoms with Gasteiger partial charge in [-0.3, -0.25) is 0 Å². The molecule has 0 bridgehead atoms. The van der Waals surface area contributed by atoms with E-state index < -0.39 is 5.41 Å². The highest BCUT2D eigenvalue weighted by Crippen LogP contribution is 2.56. The lowest BCUT2D eigenvalue weighted by molar-refractivity contribution is 0.665. The molecule has 8 aromatic carbocycles. The van der Waals surface area contributed by atoms with Gasteiger partial charge in [0.05, 0.1) is 5.41 Å². The fourth-order valence-corrected chi connectivity index (χ4v) is 9.07. The first-order chi connectivity index (χ1) is 28.2. The van der Waals surface area contributed by atoms with Gasteiger partial charge in [0.1, 0.15) is 22.3 Å². The second-order valence-electron chi connectivity index (χ2n) is 14.7. The third-order valence-corrected chi connectivity index (χ3v) is 11.6. The molecule has 0 saturated carbocycles. The van der Waals surface area contributed by atoms with Crippen LogP contribution in [0.15, 0.2) is 197 Å². The summed E-state index contributed by atoms with van der Waals surface area (Å²) in [5.41, 5.74) is 12.8. The van der Waals surface area contributed by atoms with Crippen LogP contribution in [0.2, 0.25) is 0 Å². The van der Waals surface area contributed by atoms with Gasteiger partial charge in [-0.1, -0.05) is 152 Å². The van der Waals surface area contributed by atoms with Crippen molar-refractivity contribution in [2.45, 2.75) is 5.41 Å². The lowest BCUT2D eigenvalue weighted by Crippen LogP contribution is -2.28. The Hall–Kier alpha value is -7.63. The van der Waals surface area contributed by atoms with Gasteiger partial charge < -0.3 is 8.83 Å². The summed E-state index contributed by atoms with van der Waals surface area (Å²) in [6, 6.07) is 65.7. The van der Waals surface area contributed by atoms with Crippen molar-refractivity contribution in [2.75, 3.05) is 0 Å². The average molecular weight is 730 g/mol. The van der Waals surface area contributed by atoms with Gasteiger partial charge in [-0.2, -0.15) is 0 Å². The largest absolute Gasteiger partial charge is 0.456 e. The van der Waals surface area contributed by atoms with E-state index in [9.17, 15) is 0 Å². The molecule has 0 unspecified atom stereocenters. The number of benzene rings is 8. The molecule has 266 valence electrons. The molecule has 57 heavy (non-hydrogen) atoms. The monoisotopic (exact) mass is 729 g/mol. The molecular weight excluding hydrogens is 699 g/mol. The van der Waals surface area contributed by atoms with Gasteiger partial charge >= 0.3 is 0 Å². The van der Waals surface area contributed by atoms with Crippen LogP contribution in [0.25, 0.3) is 89.2 Å². The molecule has 1 aliphatic carbocycles. The van der Waals surface area contributed by atoms with Crippen LogP contribution < -0.4 is 0 Å². The van der Waals surface area contributed by atoms with E-state index in [-0.39, 0.29) is 0 Å². The molecule has 1 aliphatic rings. The Labute approximate surface area is 327 Å². The normalized spacial score (nSPS) is 13.1. The molecule has 0 saturated heterocycles. The molecule has 3 heterocycles. The highest BCUT2D eigenvalue weighted by atomic mass is 16.3. The zero-order valence-corrected chi connectivity index (χ0v) is 30.6. The Morgan fingerprint density at radius 2 is 0.789 bits per heavy atom. The van der Waals surface area contributed by atoms with Crippen molar-refractivity contribution < 1.29 is 8.83 Å². The molecule has 0 atom stereocenters. The molecule has 0 aliphatic heterocycles. The summed E-state index contributed by atoms with van der Waals surface area (Å²) in [6.07, 6.45) is 0. The fourth-order valence-electron chi connectivity index (χ4n) is 9.07. The smallest absolute Gasteiger partial charge is 0.164 e. The molecular formula is C52H31N3O2.